The van der Waals surface area contributed by atoms with E-state index in [4.69, 9.17) is 23.2 Å². The van der Waals surface area contributed by atoms with E-state index >= 15 is 0 Å². The summed E-state index contributed by atoms with van der Waals surface area (Å²) in [6.45, 7) is 3.89. The molecule has 5 heteroatoms. The Hall–Kier alpha value is -1.16. The van der Waals surface area contributed by atoms with Crippen LogP contribution in [0.4, 0.5) is 5.69 Å². The summed E-state index contributed by atoms with van der Waals surface area (Å²) in [5.74, 6) is -0.107. The average Bonchev–Trinajstić information content (AvgIpc) is 2.45. The second kappa shape index (κ2) is 7.21. The van der Waals surface area contributed by atoms with Gasteiger partial charge in [-0.05, 0) is 44.2 Å². The van der Waals surface area contributed by atoms with Crippen LogP contribution in [0.3, 0.4) is 0 Å². The third kappa shape index (κ3) is 4.67. The van der Waals surface area contributed by atoms with Gasteiger partial charge in [-0.2, -0.15) is 0 Å². The summed E-state index contributed by atoms with van der Waals surface area (Å²) in [5.41, 5.74) is 1.73. The van der Waals surface area contributed by atoms with Crippen LogP contribution >= 0.6 is 35.0 Å². The van der Waals surface area contributed by atoms with E-state index in [2.05, 4.69) is 5.32 Å². The quantitative estimate of drug-likeness (QED) is 0.753. The van der Waals surface area contributed by atoms with Gasteiger partial charge in [0.25, 0.3) is 0 Å². The maximum atomic E-state index is 12.2. The van der Waals surface area contributed by atoms with Crippen LogP contribution < -0.4 is 5.32 Å². The second-order valence-electron chi connectivity index (χ2n) is 4.69. The molecule has 0 radical (unpaired) electrons. The summed E-state index contributed by atoms with van der Waals surface area (Å²) in [4.78, 5) is 13.3. The van der Waals surface area contributed by atoms with Crippen molar-refractivity contribution < 1.29 is 4.79 Å². The van der Waals surface area contributed by atoms with E-state index in [0.717, 1.165) is 4.90 Å². The summed E-state index contributed by atoms with van der Waals surface area (Å²) in [6, 6.07) is 13.1. The fourth-order valence-corrected chi connectivity index (χ4v) is 2.91. The molecule has 0 fully saturated rings. The Balaban J connectivity index is 2.02. The molecule has 1 atom stereocenters. The number of hydrogen-bond acceptors (Lipinski definition) is 2. The van der Waals surface area contributed by atoms with Crippen molar-refractivity contribution in [3.05, 3.63) is 58.1 Å². The zero-order chi connectivity index (χ0) is 15.4. The lowest BCUT2D eigenvalue weighted by atomic mass is 10.2. The van der Waals surface area contributed by atoms with E-state index in [1.807, 2.05) is 38.1 Å². The fraction of sp³-hybridized carbons (Fsp3) is 0.188. The Morgan fingerprint density at radius 1 is 1.14 bits per heavy atom. The molecule has 0 unspecified atom stereocenters. The molecule has 2 nitrogen and oxygen atoms in total. The topological polar surface area (TPSA) is 29.1 Å². The number of anilines is 1. The van der Waals surface area contributed by atoms with Gasteiger partial charge in [0.05, 0.1) is 16.0 Å². The van der Waals surface area contributed by atoms with E-state index in [1.54, 1.807) is 18.2 Å². The van der Waals surface area contributed by atoms with Crippen molar-refractivity contribution >= 4 is 46.6 Å². The van der Waals surface area contributed by atoms with Gasteiger partial charge in [0.1, 0.15) is 0 Å². The van der Waals surface area contributed by atoms with E-state index in [9.17, 15) is 4.79 Å². The molecule has 110 valence electrons. The van der Waals surface area contributed by atoms with Crippen molar-refractivity contribution in [3.8, 4) is 0 Å². The van der Waals surface area contributed by atoms with Crippen LogP contribution in [0.1, 0.15) is 12.5 Å². The molecule has 0 spiro atoms. The largest absolute Gasteiger partial charge is 0.324 e. The summed E-state index contributed by atoms with van der Waals surface area (Å²) in [5, 5.41) is 3.58. The SMILES string of the molecule is Cc1ccc(S[C@H](C)C(=O)Nc2cc(Cl)ccc2Cl)cc1. The molecule has 0 aromatic heterocycles. The molecule has 0 saturated heterocycles. The summed E-state index contributed by atoms with van der Waals surface area (Å²) in [6.07, 6.45) is 0. The third-order valence-electron chi connectivity index (χ3n) is 2.89. The predicted molar refractivity (Wildman–Crippen MR) is 91.6 cm³/mol. The number of aryl methyl sites for hydroxylation is 1. The minimum absolute atomic E-state index is 0.107. The highest BCUT2D eigenvalue weighted by molar-refractivity contribution is 8.00. The Kier molecular flexibility index (Phi) is 5.57. The lowest BCUT2D eigenvalue weighted by molar-refractivity contribution is -0.115. The molecule has 0 heterocycles. The van der Waals surface area contributed by atoms with Crippen LogP contribution in [0.2, 0.25) is 10.0 Å². The molecule has 0 aliphatic rings. The van der Waals surface area contributed by atoms with Gasteiger partial charge in [0.2, 0.25) is 5.91 Å². The molecule has 1 amide bonds. The van der Waals surface area contributed by atoms with Crippen molar-refractivity contribution in [1.82, 2.24) is 0 Å². The van der Waals surface area contributed by atoms with Gasteiger partial charge in [0, 0.05) is 9.92 Å². The second-order valence-corrected chi connectivity index (χ2v) is 6.94. The van der Waals surface area contributed by atoms with E-state index in [1.165, 1.54) is 17.3 Å². The maximum Gasteiger partial charge on any atom is 0.237 e. The van der Waals surface area contributed by atoms with Crippen molar-refractivity contribution in [2.75, 3.05) is 5.32 Å². The number of thioether (sulfide) groups is 1. The van der Waals surface area contributed by atoms with Crippen molar-refractivity contribution in [3.63, 3.8) is 0 Å². The summed E-state index contributed by atoms with van der Waals surface area (Å²) < 4.78 is 0. The average molecular weight is 340 g/mol. The first-order chi connectivity index (χ1) is 9.95. The number of halogens is 2. The predicted octanol–water partition coefficient (Wildman–Crippen LogP) is 5.42. The van der Waals surface area contributed by atoms with E-state index in [-0.39, 0.29) is 11.2 Å². The number of carbonyl (C=O) groups excluding carboxylic acids is 1. The molecule has 2 aromatic rings. The van der Waals surface area contributed by atoms with Crippen molar-refractivity contribution in [2.24, 2.45) is 0 Å². The van der Waals surface area contributed by atoms with Crippen LogP contribution in [0, 0.1) is 6.92 Å². The molecule has 2 rings (SSSR count). The minimum Gasteiger partial charge on any atom is -0.324 e. The molecule has 0 aliphatic carbocycles. The molecule has 2 aromatic carbocycles. The molecule has 21 heavy (non-hydrogen) atoms. The Morgan fingerprint density at radius 3 is 2.48 bits per heavy atom. The first-order valence-corrected chi connectivity index (χ1v) is 8.08. The normalized spacial score (nSPS) is 12.0. The number of rotatable bonds is 4. The molecule has 0 aliphatic heterocycles. The van der Waals surface area contributed by atoms with Gasteiger partial charge in [-0.1, -0.05) is 40.9 Å². The minimum atomic E-state index is -0.234. The number of nitrogens with one attached hydrogen (secondary N) is 1. The molecule has 0 bridgehead atoms. The van der Waals surface area contributed by atoms with Crippen LogP contribution in [0.15, 0.2) is 47.4 Å². The third-order valence-corrected chi connectivity index (χ3v) is 4.57. The molecular formula is C16H15Cl2NOS. The lowest BCUT2D eigenvalue weighted by Crippen LogP contribution is -2.22. The number of hydrogen-bond donors (Lipinski definition) is 1. The fourth-order valence-electron chi connectivity index (χ4n) is 1.70. The van der Waals surface area contributed by atoms with Crippen molar-refractivity contribution in [2.45, 2.75) is 24.0 Å². The first kappa shape index (κ1) is 16.2. The highest BCUT2D eigenvalue weighted by Crippen LogP contribution is 2.28. The Labute approximate surface area is 138 Å². The van der Waals surface area contributed by atoms with Gasteiger partial charge in [-0.15, -0.1) is 11.8 Å². The zero-order valence-corrected chi connectivity index (χ0v) is 14.0. The maximum absolute atomic E-state index is 12.2. The van der Waals surface area contributed by atoms with Crippen molar-refractivity contribution in [1.29, 1.82) is 0 Å². The molecule has 1 N–H and O–H groups in total. The lowest BCUT2D eigenvalue weighted by Gasteiger charge is -2.13. The van der Waals surface area contributed by atoms with Crippen LogP contribution in [-0.4, -0.2) is 11.2 Å². The first-order valence-electron chi connectivity index (χ1n) is 6.45. The Bertz CT molecular complexity index is 643. The van der Waals surface area contributed by atoms with E-state index < -0.39 is 0 Å². The number of benzene rings is 2. The number of amides is 1. The smallest absolute Gasteiger partial charge is 0.237 e. The summed E-state index contributed by atoms with van der Waals surface area (Å²) in [7, 11) is 0. The Morgan fingerprint density at radius 2 is 1.81 bits per heavy atom. The van der Waals surface area contributed by atoms with E-state index in [0.29, 0.717) is 15.7 Å². The van der Waals surface area contributed by atoms with Gasteiger partial charge >= 0.3 is 0 Å². The van der Waals surface area contributed by atoms with Crippen LogP contribution in [-0.2, 0) is 4.79 Å². The van der Waals surface area contributed by atoms with Gasteiger partial charge in [-0.3, -0.25) is 4.79 Å². The zero-order valence-electron chi connectivity index (χ0n) is 11.7. The standard InChI is InChI=1S/C16H15Cl2NOS/c1-10-3-6-13(7-4-10)21-11(2)16(20)19-15-9-12(17)5-8-14(15)18/h3-9,11H,1-2H3,(H,19,20)/t11-/m1/s1. The molecule has 0 saturated carbocycles. The monoisotopic (exact) mass is 339 g/mol. The molecular weight excluding hydrogens is 325 g/mol. The number of carbonyl (C=O) groups is 1. The van der Waals surface area contributed by atoms with Crippen LogP contribution in [0.5, 0.6) is 0 Å². The highest BCUT2D eigenvalue weighted by Gasteiger charge is 2.15. The highest BCUT2D eigenvalue weighted by atomic mass is 35.5. The van der Waals surface area contributed by atoms with Gasteiger partial charge in [-0.25, -0.2) is 0 Å². The van der Waals surface area contributed by atoms with Gasteiger partial charge in [0.15, 0.2) is 0 Å². The van der Waals surface area contributed by atoms with Gasteiger partial charge < -0.3 is 5.32 Å². The summed E-state index contributed by atoms with van der Waals surface area (Å²) >= 11 is 13.5. The van der Waals surface area contributed by atoms with Crippen LogP contribution in [0.25, 0.3) is 0 Å².